The van der Waals surface area contributed by atoms with Crippen molar-refractivity contribution in [2.24, 2.45) is 0 Å². The van der Waals surface area contributed by atoms with Crippen molar-refractivity contribution >= 4 is 0 Å². The van der Waals surface area contributed by atoms with E-state index in [2.05, 4.69) is 5.32 Å². The molecule has 0 amide bonds. The lowest BCUT2D eigenvalue weighted by molar-refractivity contribution is 0.0591. The summed E-state index contributed by atoms with van der Waals surface area (Å²) in [4.78, 5) is 0. The van der Waals surface area contributed by atoms with E-state index in [0.29, 0.717) is 37.9 Å². The van der Waals surface area contributed by atoms with Crippen LogP contribution in [-0.2, 0) is 22.5 Å². The van der Waals surface area contributed by atoms with Crippen molar-refractivity contribution in [1.29, 1.82) is 0 Å². The predicted molar refractivity (Wildman–Crippen MR) is 116 cm³/mol. The number of hydrogen-bond acceptors (Lipinski definition) is 7. The van der Waals surface area contributed by atoms with Gasteiger partial charge in [-0.2, -0.15) is 0 Å². The summed E-state index contributed by atoms with van der Waals surface area (Å²) in [5.41, 5.74) is 2.08. The minimum Gasteiger partial charge on any atom is -0.493 e. The minimum atomic E-state index is -0.613. The lowest BCUT2D eigenvalue weighted by Gasteiger charge is -2.16. The maximum absolute atomic E-state index is 10.2. The molecule has 1 unspecified atom stereocenters. The maximum atomic E-state index is 10.2. The van der Waals surface area contributed by atoms with E-state index in [0.717, 1.165) is 29.8 Å². The number of nitrogens with one attached hydrogen (secondary N) is 1. The Morgan fingerprint density at radius 3 is 2.50 bits per heavy atom. The van der Waals surface area contributed by atoms with Gasteiger partial charge in [-0.25, -0.2) is 0 Å². The summed E-state index contributed by atoms with van der Waals surface area (Å²) in [6, 6.07) is 13.5. The van der Waals surface area contributed by atoms with E-state index in [1.807, 2.05) is 42.5 Å². The lowest BCUT2D eigenvalue weighted by atomic mass is 10.1. The van der Waals surface area contributed by atoms with Crippen molar-refractivity contribution < 1.29 is 28.8 Å². The third-order valence-corrected chi connectivity index (χ3v) is 4.51. The van der Waals surface area contributed by atoms with Crippen molar-refractivity contribution in [3.8, 4) is 17.2 Å². The highest BCUT2D eigenvalue weighted by molar-refractivity contribution is 5.43. The first kappa shape index (κ1) is 24.0. The third kappa shape index (κ3) is 8.20. The SMILES string of the molecule is COCCOCc1ccccc1OCC(O)CNCCc1ccc(OC)c(OC)c1. The number of para-hydroxylation sites is 1. The second-order valence-electron chi connectivity index (χ2n) is 6.76. The van der Waals surface area contributed by atoms with Crippen LogP contribution in [0.4, 0.5) is 0 Å². The van der Waals surface area contributed by atoms with Gasteiger partial charge in [-0.3, -0.25) is 0 Å². The van der Waals surface area contributed by atoms with Crippen LogP contribution in [0.5, 0.6) is 17.2 Å². The Morgan fingerprint density at radius 1 is 0.933 bits per heavy atom. The molecule has 7 heteroatoms. The molecule has 2 aromatic rings. The molecular weight excluding hydrogens is 386 g/mol. The molecule has 166 valence electrons. The van der Waals surface area contributed by atoms with Crippen LogP contribution in [-0.4, -0.2) is 65.5 Å². The van der Waals surface area contributed by atoms with Crippen molar-refractivity contribution in [2.45, 2.75) is 19.1 Å². The van der Waals surface area contributed by atoms with Gasteiger partial charge in [-0.05, 0) is 36.7 Å². The van der Waals surface area contributed by atoms with Gasteiger partial charge < -0.3 is 34.1 Å². The molecule has 0 radical (unpaired) electrons. The molecule has 0 aliphatic heterocycles. The van der Waals surface area contributed by atoms with E-state index in [4.69, 9.17) is 23.7 Å². The average Bonchev–Trinajstić information content (AvgIpc) is 2.78. The zero-order valence-corrected chi connectivity index (χ0v) is 18.1. The molecule has 0 aliphatic rings. The molecule has 0 fully saturated rings. The molecule has 7 nitrogen and oxygen atoms in total. The highest BCUT2D eigenvalue weighted by atomic mass is 16.5. The van der Waals surface area contributed by atoms with E-state index in [-0.39, 0.29) is 6.61 Å². The van der Waals surface area contributed by atoms with Crippen molar-refractivity contribution in [1.82, 2.24) is 5.32 Å². The molecule has 2 aromatic carbocycles. The highest BCUT2D eigenvalue weighted by Crippen LogP contribution is 2.27. The molecule has 0 spiro atoms. The van der Waals surface area contributed by atoms with Gasteiger partial charge in [0.15, 0.2) is 11.5 Å². The number of aliphatic hydroxyl groups is 1. The number of methoxy groups -OCH3 is 3. The second kappa shape index (κ2) is 13.8. The topological polar surface area (TPSA) is 78.4 Å². The van der Waals surface area contributed by atoms with Gasteiger partial charge in [-0.1, -0.05) is 24.3 Å². The van der Waals surface area contributed by atoms with Crippen LogP contribution < -0.4 is 19.5 Å². The fraction of sp³-hybridized carbons (Fsp3) is 0.478. The molecule has 0 aromatic heterocycles. The Labute approximate surface area is 178 Å². The van der Waals surface area contributed by atoms with Crippen molar-refractivity contribution in [3.63, 3.8) is 0 Å². The Kier molecular flexibility index (Phi) is 11.0. The average molecular weight is 420 g/mol. The van der Waals surface area contributed by atoms with Crippen LogP contribution in [0.25, 0.3) is 0 Å². The van der Waals surface area contributed by atoms with Crippen molar-refractivity contribution in [2.75, 3.05) is 54.2 Å². The number of ether oxygens (including phenoxy) is 5. The van der Waals surface area contributed by atoms with E-state index in [1.165, 1.54) is 0 Å². The fourth-order valence-electron chi connectivity index (χ4n) is 2.87. The monoisotopic (exact) mass is 419 g/mol. The number of rotatable bonds is 15. The van der Waals surface area contributed by atoms with E-state index in [1.54, 1.807) is 21.3 Å². The van der Waals surface area contributed by atoms with Gasteiger partial charge in [-0.15, -0.1) is 0 Å². The molecule has 0 saturated heterocycles. The van der Waals surface area contributed by atoms with Crippen LogP contribution >= 0.6 is 0 Å². The second-order valence-corrected chi connectivity index (χ2v) is 6.76. The first-order valence-electron chi connectivity index (χ1n) is 10.0. The molecule has 0 heterocycles. The van der Waals surface area contributed by atoms with Crippen LogP contribution in [0.15, 0.2) is 42.5 Å². The van der Waals surface area contributed by atoms with Crippen molar-refractivity contribution in [3.05, 3.63) is 53.6 Å². The van der Waals surface area contributed by atoms with Crippen LogP contribution in [0, 0.1) is 0 Å². The third-order valence-electron chi connectivity index (χ3n) is 4.51. The standard InChI is InChI=1S/C23H33NO6/c1-26-12-13-29-16-19-6-4-5-7-21(19)30-17-20(25)15-24-11-10-18-8-9-22(27-2)23(14-18)28-3/h4-9,14,20,24-25H,10-13,15-17H2,1-3H3. The number of benzene rings is 2. The maximum Gasteiger partial charge on any atom is 0.160 e. The summed E-state index contributed by atoms with van der Waals surface area (Å²) in [6.45, 7) is 2.90. The summed E-state index contributed by atoms with van der Waals surface area (Å²) in [7, 11) is 4.89. The van der Waals surface area contributed by atoms with E-state index in [9.17, 15) is 5.11 Å². The summed E-state index contributed by atoms with van der Waals surface area (Å²) >= 11 is 0. The first-order valence-corrected chi connectivity index (χ1v) is 10.0. The molecule has 30 heavy (non-hydrogen) atoms. The Hall–Kier alpha value is -2.32. The summed E-state index contributed by atoms with van der Waals surface area (Å²) in [6.07, 6.45) is 0.202. The molecule has 0 bridgehead atoms. The molecule has 0 aliphatic carbocycles. The fourth-order valence-corrected chi connectivity index (χ4v) is 2.87. The summed E-state index contributed by atoms with van der Waals surface area (Å²) in [5.74, 6) is 2.15. The Bertz CT molecular complexity index is 739. The molecule has 2 N–H and O–H groups in total. The lowest BCUT2D eigenvalue weighted by Crippen LogP contribution is -2.32. The molecular formula is C23H33NO6. The van der Waals surface area contributed by atoms with Gasteiger partial charge in [0.2, 0.25) is 0 Å². The van der Waals surface area contributed by atoms with E-state index >= 15 is 0 Å². The zero-order valence-electron chi connectivity index (χ0n) is 18.1. The van der Waals surface area contributed by atoms with Gasteiger partial charge in [0.25, 0.3) is 0 Å². The van der Waals surface area contributed by atoms with Crippen LogP contribution in [0.1, 0.15) is 11.1 Å². The quantitative estimate of drug-likeness (QED) is 0.429. The van der Waals surface area contributed by atoms with Gasteiger partial charge in [0.05, 0.1) is 34.0 Å². The normalized spacial score (nSPS) is 11.9. The minimum absolute atomic E-state index is 0.207. The smallest absolute Gasteiger partial charge is 0.160 e. The first-order chi connectivity index (χ1) is 14.7. The number of aliphatic hydroxyl groups excluding tert-OH is 1. The van der Waals surface area contributed by atoms with Gasteiger partial charge >= 0.3 is 0 Å². The Morgan fingerprint density at radius 2 is 1.73 bits per heavy atom. The highest BCUT2D eigenvalue weighted by Gasteiger charge is 2.09. The number of hydrogen-bond donors (Lipinski definition) is 2. The molecule has 2 rings (SSSR count). The van der Waals surface area contributed by atoms with Crippen LogP contribution in [0.2, 0.25) is 0 Å². The molecule has 0 saturated carbocycles. The zero-order chi connectivity index (χ0) is 21.6. The summed E-state index contributed by atoms with van der Waals surface area (Å²) < 4.78 is 26.9. The predicted octanol–water partition coefficient (Wildman–Crippen LogP) is 2.44. The van der Waals surface area contributed by atoms with Gasteiger partial charge in [0, 0.05) is 19.2 Å². The summed E-state index contributed by atoms with van der Waals surface area (Å²) in [5, 5.41) is 13.5. The van der Waals surface area contributed by atoms with E-state index < -0.39 is 6.10 Å². The molecule has 1 atom stereocenters. The van der Waals surface area contributed by atoms with Crippen LogP contribution in [0.3, 0.4) is 0 Å². The van der Waals surface area contributed by atoms with Gasteiger partial charge in [0.1, 0.15) is 18.5 Å². The Balaban J connectivity index is 1.70. The largest absolute Gasteiger partial charge is 0.493 e.